The van der Waals surface area contributed by atoms with E-state index in [0.717, 1.165) is 27.0 Å². The number of carbonyl (C=O) groups excluding carboxylic acids is 1. The molecular weight excluding hydrogens is 432 g/mol. The van der Waals surface area contributed by atoms with Gasteiger partial charge in [0.25, 0.3) is 0 Å². The molecule has 0 fully saturated rings. The lowest BCUT2D eigenvalue weighted by molar-refractivity contribution is -0.114. The summed E-state index contributed by atoms with van der Waals surface area (Å²) in [5, 5.41) is 3.29. The quantitative estimate of drug-likeness (QED) is 0.440. The molecule has 4 aromatic rings. The summed E-state index contributed by atoms with van der Waals surface area (Å²) in [6, 6.07) is 14.9. The maximum atomic E-state index is 12.8. The van der Waals surface area contributed by atoms with E-state index >= 15 is 0 Å². The van der Waals surface area contributed by atoms with Gasteiger partial charge in [-0.15, -0.1) is 0 Å². The number of thiazole rings is 1. The lowest BCUT2D eigenvalue weighted by atomic mass is 10.1. The molecule has 0 bridgehead atoms. The van der Waals surface area contributed by atoms with Gasteiger partial charge in [-0.2, -0.15) is 0 Å². The number of ether oxygens (including phenoxy) is 1. The van der Waals surface area contributed by atoms with Gasteiger partial charge in [0, 0.05) is 18.7 Å². The number of fused-ring (bicyclic) bond motifs is 1. The lowest BCUT2D eigenvalue weighted by Gasteiger charge is -2.11. The Morgan fingerprint density at radius 2 is 1.87 bits per heavy atom. The fourth-order valence-electron chi connectivity index (χ4n) is 2.96. The van der Waals surface area contributed by atoms with Crippen LogP contribution in [0.3, 0.4) is 0 Å². The molecule has 9 heteroatoms. The van der Waals surface area contributed by atoms with Gasteiger partial charge in [-0.3, -0.25) is 14.5 Å². The minimum atomic E-state index is -1.44. The van der Waals surface area contributed by atoms with Crippen molar-refractivity contribution in [3.8, 4) is 16.9 Å². The topological polar surface area (TPSA) is 93.2 Å². The largest absolute Gasteiger partial charge is 0.497 e. The predicted octanol–water partition coefficient (Wildman–Crippen LogP) is 4.77. The molecule has 0 aliphatic heterocycles. The second kappa shape index (κ2) is 8.83. The lowest BCUT2D eigenvalue weighted by Crippen LogP contribution is -2.07. The number of nitrogens with one attached hydrogen (secondary N) is 2. The minimum absolute atomic E-state index is 0.150. The highest BCUT2D eigenvalue weighted by Gasteiger charge is 2.11. The number of aryl methyl sites for hydroxylation is 1. The maximum Gasteiger partial charge on any atom is 0.223 e. The van der Waals surface area contributed by atoms with Crippen molar-refractivity contribution in [2.75, 3.05) is 17.1 Å². The number of rotatable bonds is 6. The fourth-order valence-corrected chi connectivity index (χ4v) is 4.82. The first kappa shape index (κ1) is 21.0. The van der Waals surface area contributed by atoms with E-state index in [1.165, 1.54) is 18.3 Å². The first-order valence-electron chi connectivity index (χ1n) is 9.40. The molecule has 0 spiro atoms. The Kier molecular flexibility index (Phi) is 5.97. The van der Waals surface area contributed by atoms with Crippen LogP contribution >= 0.6 is 11.3 Å². The summed E-state index contributed by atoms with van der Waals surface area (Å²) in [6.07, 6.45) is 1.79. The normalized spacial score (nSPS) is 11.8. The number of pyridine rings is 1. The molecule has 4 rings (SSSR count). The highest BCUT2D eigenvalue weighted by atomic mass is 32.2. The number of hydrogen-bond acceptors (Lipinski definition) is 6. The first-order valence-corrected chi connectivity index (χ1v) is 11.4. The highest BCUT2D eigenvalue weighted by molar-refractivity contribution is 7.86. The van der Waals surface area contributed by atoms with Crippen LogP contribution in [0.5, 0.6) is 5.75 Å². The highest BCUT2D eigenvalue weighted by Crippen LogP contribution is 2.32. The zero-order valence-corrected chi connectivity index (χ0v) is 18.8. The van der Waals surface area contributed by atoms with E-state index in [1.807, 2.05) is 31.2 Å². The Morgan fingerprint density at radius 3 is 2.58 bits per heavy atom. The van der Waals surface area contributed by atoms with Crippen LogP contribution in [-0.4, -0.2) is 27.2 Å². The Bertz CT molecular complexity index is 1290. The third-order valence-electron chi connectivity index (χ3n) is 4.57. The van der Waals surface area contributed by atoms with Gasteiger partial charge >= 0.3 is 0 Å². The van der Waals surface area contributed by atoms with Crippen molar-refractivity contribution in [1.82, 2.24) is 9.97 Å². The number of methoxy groups -OCH3 is 1. The van der Waals surface area contributed by atoms with E-state index in [4.69, 9.17) is 4.74 Å². The molecule has 2 aromatic carbocycles. The van der Waals surface area contributed by atoms with Crippen LogP contribution in [0.1, 0.15) is 12.6 Å². The average molecular weight is 453 g/mol. The van der Waals surface area contributed by atoms with Gasteiger partial charge in [-0.1, -0.05) is 17.4 Å². The summed E-state index contributed by atoms with van der Waals surface area (Å²) in [7, 11) is 0.154. The van der Waals surface area contributed by atoms with Gasteiger partial charge in [-0.25, -0.2) is 9.19 Å². The van der Waals surface area contributed by atoms with Crippen molar-refractivity contribution in [2.24, 2.45) is 0 Å². The summed E-state index contributed by atoms with van der Waals surface area (Å²) >= 11 is 1.41. The SMILES string of the molecule is COc1ccc(S(=O)Nc2cc(-c3ccc4nc(NC(C)=O)sc4c3)cnc2C)cc1. The van der Waals surface area contributed by atoms with Gasteiger partial charge in [-0.05, 0) is 55.0 Å². The number of amides is 1. The second-order valence-electron chi connectivity index (χ2n) is 6.79. The average Bonchev–Trinajstić information content (AvgIpc) is 3.16. The molecule has 0 saturated carbocycles. The Hall–Kier alpha value is -3.30. The van der Waals surface area contributed by atoms with Crippen LogP contribution in [0.25, 0.3) is 21.3 Å². The van der Waals surface area contributed by atoms with Gasteiger partial charge in [0.15, 0.2) is 5.13 Å². The molecule has 158 valence electrons. The van der Waals surface area contributed by atoms with E-state index in [0.29, 0.717) is 21.5 Å². The number of benzene rings is 2. The molecule has 2 heterocycles. The van der Waals surface area contributed by atoms with Crippen LogP contribution in [-0.2, 0) is 15.8 Å². The molecule has 2 aromatic heterocycles. The summed E-state index contributed by atoms with van der Waals surface area (Å²) in [5.41, 5.74) is 4.09. The van der Waals surface area contributed by atoms with E-state index in [9.17, 15) is 9.00 Å². The molecule has 7 nitrogen and oxygen atoms in total. The predicted molar refractivity (Wildman–Crippen MR) is 125 cm³/mol. The molecule has 0 saturated heterocycles. The third-order valence-corrected chi connectivity index (χ3v) is 6.61. The van der Waals surface area contributed by atoms with E-state index in [2.05, 4.69) is 20.0 Å². The van der Waals surface area contributed by atoms with Gasteiger partial charge in [0.2, 0.25) is 5.91 Å². The Labute approximate surface area is 186 Å². The van der Waals surface area contributed by atoms with Gasteiger partial charge in [0.05, 0.1) is 33.6 Å². The smallest absolute Gasteiger partial charge is 0.223 e. The molecule has 2 N–H and O–H groups in total. The van der Waals surface area contributed by atoms with Crippen LogP contribution in [0, 0.1) is 6.92 Å². The Balaban J connectivity index is 1.60. The molecule has 1 unspecified atom stereocenters. The molecule has 1 atom stereocenters. The molecule has 31 heavy (non-hydrogen) atoms. The second-order valence-corrected chi connectivity index (χ2v) is 9.03. The van der Waals surface area contributed by atoms with Crippen LogP contribution in [0.4, 0.5) is 10.8 Å². The number of hydrogen-bond donors (Lipinski definition) is 2. The third kappa shape index (κ3) is 4.73. The molecule has 1 amide bonds. The fraction of sp³-hybridized carbons (Fsp3) is 0.136. The molecule has 0 radical (unpaired) electrons. The number of carbonyl (C=O) groups is 1. The maximum absolute atomic E-state index is 12.8. The molecule has 0 aliphatic rings. The standard InChI is InChI=1S/C22H20N4O3S2/c1-13-20(26-31(28)18-7-5-17(29-3)6-8-18)10-16(12-23-13)15-4-9-19-21(11-15)30-22(25-19)24-14(2)27/h4-12,26H,1-3H3,(H,24,25,27). The summed E-state index contributed by atoms with van der Waals surface area (Å²) < 4.78 is 21.9. The number of anilines is 2. The van der Waals surface area contributed by atoms with Crippen LogP contribution < -0.4 is 14.8 Å². The minimum Gasteiger partial charge on any atom is -0.497 e. The van der Waals surface area contributed by atoms with E-state index < -0.39 is 11.0 Å². The van der Waals surface area contributed by atoms with Gasteiger partial charge < -0.3 is 10.1 Å². The van der Waals surface area contributed by atoms with Crippen molar-refractivity contribution >= 4 is 49.3 Å². The molecule has 0 aliphatic carbocycles. The van der Waals surface area contributed by atoms with Crippen molar-refractivity contribution in [2.45, 2.75) is 18.7 Å². The van der Waals surface area contributed by atoms with Crippen molar-refractivity contribution < 1.29 is 13.7 Å². The van der Waals surface area contributed by atoms with Crippen molar-refractivity contribution in [3.05, 3.63) is 60.4 Å². The van der Waals surface area contributed by atoms with Crippen LogP contribution in [0.2, 0.25) is 0 Å². The Morgan fingerprint density at radius 1 is 1.10 bits per heavy atom. The monoisotopic (exact) mass is 452 g/mol. The number of aromatic nitrogens is 2. The summed E-state index contributed by atoms with van der Waals surface area (Å²) in [5.74, 6) is 0.559. The summed E-state index contributed by atoms with van der Waals surface area (Å²) in [6.45, 7) is 3.32. The summed E-state index contributed by atoms with van der Waals surface area (Å²) in [4.78, 5) is 20.8. The van der Waals surface area contributed by atoms with Gasteiger partial charge in [0.1, 0.15) is 16.7 Å². The van der Waals surface area contributed by atoms with E-state index in [-0.39, 0.29) is 5.91 Å². The zero-order chi connectivity index (χ0) is 22.0. The van der Waals surface area contributed by atoms with Crippen molar-refractivity contribution in [1.29, 1.82) is 0 Å². The molecular formula is C22H20N4O3S2. The zero-order valence-electron chi connectivity index (χ0n) is 17.1. The van der Waals surface area contributed by atoms with Crippen molar-refractivity contribution in [3.63, 3.8) is 0 Å². The first-order chi connectivity index (χ1) is 14.9. The van der Waals surface area contributed by atoms with E-state index in [1.54, 1.807) is 37.6 Å². The van der Waals surface area contributed by atoms with Crippen LogP contribution in [0.15, 0.2) is 59.6 Å². The number of nitrogens with zero attached hydrogens (tertiary/aromatic N) is 2.